The van der Waals surface area contributed by atoms with Crippen molar-refractivity contribution in [2.45, 2.75) is 48.0 Å². The zero-order valence-corrected chi connectivity index (χ0v) is 51.0. The molecular weight excluding hydrogens is 1060 g/mol. The first-order valence-electron chi connectivity index (χ1n) is 29.8. The lowest BCUT2D eigenvalue weighted by molar-refractivity contribution is 0.414. The standard InChI is InChI=1S/C42H40N2.C39H34N2O2/c1-6-34-15-22-37(23-16-34)43(40-11-7-9-31(3)27-40)38-24-17-35(18-25-38)36-19-26-42(33(5)29-36)44(39-20-13-30(2)14-21-39)41-12-8-10-32(4)28-41;1-29-28-31(16-27-39(29)41(33-12-8-5-9-13-33)36-21-25-38(43-3)26-22-36)30-14-17-34(18-15-30)40(32-10-6-4-7-11-32)35-19-23-37(42-2)24-20-35/h7-29H,6H2,1-5H3;4-28H,1-3H3. The summed E-state index contributed by atoms with van der Waals surface area (Å²) in [5.74, 6) is 1.67. The van der Waals surface area contributed by atoms with Crippen LogP contribution in [0.25, 0.3) is 22.3 Å². The molecule has 0 heterocycles. The second-order valence-electron chi connectivity index (χ2n) is 22.0. The van der Waals surface area contributed by atoms with Gasteiger partial charge in [-0.05, 0) is 261 Å². The van der Waals surface area contributed by atoms with E-state index in [0.29, 0.717) is 0 Å². The van der Waals surface area contributed by atoms with Crippen molar-refractivity contribution >= 4 is 68.2 Å². The normalized spacial score (nSPS) is 10.8. The number of benzene rings is 12. The fraction of sp³-hybridized carbons (Fsp3) is 0.111. The molecule has 0 radical (unpaired) electrons. The molecule has 12 aromatic rings. The summed E-state index contributed by atoms with van der Waals surface area (Å²) in [5, 5.41) is 0. The molecule has 0 atom stereocenters. The van der Waals surface area contributed by atoms with Crippen LogP contribution in [0.1, 0.15) is 40.3 Å². The van der Waals surface area contributed by atoms with E-state index >= 15 is 0 Å². The van der Waals surface area contributed by atoms with Gasteiger partial charge >= 0.3 is 0 Å². The van der Waals surface area contributed by atoms with E-state index in [1.807, 2.05) is 36.4 Å². The molecule has 0 N–H and O–H groups in total. The summed E-state index contributed by atoms with van der Waals surface area (Å²) in [7, 11) is 3.38. The minimum atomic E-state index is 0.837. The van der Waals surface area contributed by atoms with Crippen molar-refractivity contribution in [2.75, 3.05) is 33.8 Å². The molecule has 430 valence electrons. The highest BCUT2D eigenvalue weighted by Gasteiger charge is 2.20. The van der Waals surface area contributed by atoms with Gasteiger partial charge in [0.1, 0.15) is 11.5 Å². The fourth-order valence-electron chi connectivity index (χ4n) is 11.3. The van der Waals surface area contributed by atoms with Crippen molar-refractivity contribution in [1.29, 1.82) is 0 Å². The van der Waals surface area contributed by atoms with Gasteiger partial charge in [0.05, 0.1) is 14.2 Å². The molecule has 6 heteroatoms. The fourth-order valence-corrected chi connectivity index (χ4v) is 11.3. The zero-order chi connectivity index (χ0) is 60.2. The smallest absolute Gasteiger partial charge is 0.119 e. The number of anilines is 12. The molecule has 0 bridgehead atoms. The summed E-state index contributed by atoms with van der Waals surface area (Å²) in [5.41, 5.74) is 25.8. The van der Waals surface area contributed by atoms with Crippen molar-refractivity contribution in [3.05, 3.63) is 325 Å². The van der Waals surface area contributed by atoms with Crippen molar-refractivity contribution < 1.29 is 9.47 Å². The van der Waals surface area contributed by atoms with Crippen molar-refractivity contribution in [1.82, 2.24) is 0 Å². The van der Waals surface area contributed by atoms with Crippen LogP contribution in [0, 0.1) is 34.6 Å². The van der Waals surface area contributed by atoms with Gasteiger partial charge in [-0.3, -0.25) is 0 Å². The highest BCUT2D eigenvalue weighted by atomic mass is 16.5. The summed E-state index contributed by atoms with van der Waals surface area (Å²) in [6, 6.07) is 104. The van der Waals surface area contributed by atoms with E-state index < -0.39 is 0 Å². The van der Waals surface area contributed by atoms with E-state index in [9.17, 15) is 0 Å². The Morgan fingerprint density at radius 1 is 0.253 bits per heavy atom. The first-order chi connectivity index (χ1) is 42.5. The Balaban J connectivity index is 0.000000180. The number of para-hydroxylation sites is 2. The predicted molar refractivity (Wildman–Crippen MR) is 369 cm³/mol. The second-order valence-corrected chi connectivity index (χ2v) is 22.0. The lowest BCUT2D eigenvalue weighted by Crippen LogP contribution is -2.11. The molecule has 12 rings (SSSR count). The summed E-state index contributed by atoms with van der Waals surface area (Å²) in [6.45, 7) is 13.0. The lowest BCUT2D eigenvalue weighted by Gasteiger charge is -2.28. The lowest BCUT2D eigenvalue weighted by atomic mass is 10.0. The molecule has 0 saturated carbocycles. The van der Waals surface area contributed by atoms with Gasteiger partial charge in [0, 0.05) is 68.2 Å². The number of rotatable bonds is 17. The highest BCUT2D eigenvalue weighted by molar-refractivity contribution is 5.85. The van der Waals surface area contributed by atoms with Crippen molar-refractivity contribution in [3.63, 3.8) is 0 Å². The number of nitrogens with zero attached hydrogens (tertiary/aromatic N) is 4. The van der Waals surface area contributed by atoms with Crippen LogP contribution in [-0.2, 0) is 6.42 Å². The number of methoxy groups -OCH3 is 2. The van der Waals surface area contributed by atoms with Crippen LogP contribution >= 0.6 is 0 Å². The van der Waals surface area contributed by atoms with E-state index in [-0.39, 0.29) is 0 Å². The van der Waals surface area contributed by atoms with E-state index in [1.54, 1.807) is 14.2 Å². The summed E-state index contributed by atoms with van der Waals surface area (Å²) in [6.07, 6.45) is 1.03. The average Bonchev–Trinajstić information content (AvgIpc) is 1.97. The van der Waals surface area contributed by atoms with Crippen LogP contribution in [-0.4, -0.2) is 14.2 Å². The molecule has 0 aliphatic rings. The van der Waals surface area contributed by atoms with Crippen LogP contribution in [0.2, 0.25) is 0 Å². The minimum Gasteiger partial charge on any atom is -0.497 e. The first kappa shape index (κ1) is 58.2. The number of aryl methyl sites for hydroxylation is 6. The Hall–Kier alpha value is -10.6. The van der Waals surface area contributed by atoms with Crippen LogP contribution in [0.5, 0.6) is 11.5 Å². The van der Waals surface area contributed by atoms with Gasteiger partial charge in [-0.2, -0.15) is 0 Å². The molecule has 0 aromatic heterocycles. The quantitative estimate of drug-likeness (QED) is 0.0903. The van der Waals surface area contributed by atoms with Gasteiger partial charge in [-0.25, -0.2) is 0 Å². The Bertz CT molecular complexity index is 4190. The molecule has 87 heavy (non-hydrogen) atoms. The highest BCUT2D eigenvalue weighted by Crippen LogP contribution is 2.43. The number of hydrogen-bond acceptors (Lipinski definition) is 6. The Kier molecular flexibility index (Phi) is 18.1. The maximum absolute atomic E-state index is 5.40. The number of hydrogen-bond donors (Lipinski definition) is 0. The van der Waals surface area contributed by atoms with Crippen LogP contribution in [0.4, 0.5) is 68.2 Å². The topological polar surface area (TPSA) is 31.4 Å². The molecule has 0 unspecified atom stereocenters. The summed E-state index contributed by atoms with van der Waals surface area (Å²) in [4.78, 5) is 9.24. The van der Waals surface area contributed by atoms with E-state index in [4.69, 9.17) is 9.47 Å². The van der Waals surface area contributed by atoms with Gasteiger partial charge < -0.3 is 29.1 Å². The predicted octanol–water partition coefficient (Wildman–Crippen LogP) is 22.7. The maximum atomic E-state index is 5.40. The third-order valence-electron chi connectivity index (χ3n) is 15.9. The third-order valence-corrected chi connectivity index (χ3v) is 15.9. The monoisotopic (exact) mass is 1130 g/mol. The van der Waals surface area contributed by atoms with Gasteiger partial charge in [0.25, 0.3) is 0 Å². The molecule has 0 amide bonds. The summed E-state index contributed by atoms with van der Waals surface area (Å²) < 4.78 is 10.8. The van der Waals surface area contributed by atoms with Crippen LogP contribution < -0.4 is 29.1 Å². The van der Waals surface area contributed by atoms with Crippen molar-refractivity contribution in [3.8, 4) is 33.8 Å². The van der Waals surface area contributed by atoms with Gasteiger partial charge in [-0.15, -0.1) is 0 Å². The molecule has 0 fully saturated rings. The molecule has 0 aliphatic carbocycles. The third kappa shape index (κ3) is 13.5. The number of ether oxygens (including phenoxy) is 2. The SMILES string of the molecule is CCc1ccc(N(c2ccc(-c3ccc(N(c4ccc(C)cc4)c4cccc(C)c4)c(C)c3)cc2)c2cccc(C)c2)cc1.COc1ccc(N(c2ccccc2)c2ccc(-c3ccc(N(c4ccccc4)c4ccc(OC)cc4)c(C)c3)cc2)cc1. The van der Waals surface area contributed by atoms with Gasteiger partial charge in [-0.1, -0.05) is 134 Å². The van der Waals surface area contributed by atoms with Crippen LogP contribution in [0.15, 0.2) is 291 Å². The van der Waals surface area contributed by atoms with Crippen molar-refractivity contribution in [2.24, 2.45) is 0 Å². The zero-order valence-electron chi connectivity index (χ0n) is 51.0. The molecule has 12 aromatic carbocycles. The Morgan fingerprint density at radius 2 is 0.563 bits per heavy atom. The van der Waals surface area contributed by atoms with Crippen LogP contribution in [0.3, 0.4) is 0 Å². The second kappa shape index (κ2) is 27.0. The first-order valence-corrected chi connectivity index (χ1v) is 29.8. The minimum absolute atomic E-state index is 0.837. The Labute approximate surface area is 515 Å². The van der Waals surface area contributed by atoms with Gasteiger partial charge in [0.2, 0.25) is 0 Å². The largest absolute Gasteiger partial charge is 0.497 e. The molecule has 0 spiro atoms. The van der Waals surface area contributed by atoms with E-state index in [1.165, 1.54) is 55.8 Å². The van der Waals surface area contributed by atoms with E-state index in [2.05, 4.69) is 316 Å². The molecular formula is C81H74N4O2. The Morgan fingerprint density at radius 3 is 0.954 bits per heavy atom. The average molecular weight is 1140 g/mol. The maximum Gasteiger partial charge on any atom is 0.119 e. The molecule has 6 nitrogen and oxygen atoms in total. The molecule has 0 aliphatic heterocycles. The van der Waals surface area contributed by atoms with Gasteiger partial charge in [0.15, 0.2) is 0 Å². The molecule has 0 saturated heterocycles. The van der Waals surface area contributed by atoms with E-state index in [0.717, 1.165) is 86.0 Å². The summed E-state index contributed by atoms with van der Waals surface area (Å²) >= 11 is 0.